The smallest absolute Gasteiger partial charge is 0.270 e. The Balaban J connectivity index is 1.75. The minimum atomic E-state index is -0.276. The highest BCUT2D eigenvalue weighted by molar-refractivity contribution is 5.92. The molecule has 1 amide bonds. The minimum Gasteiger partial charge on any atom is -0.495 e. The van der Waals surface area contributed by atoms with Gasteiger partial charge in [0.2, 0.25) is 5.95 Å². The van der Waals surface area contributed by atoms with Crippen LogP contribution in [0.15, 0.2) is 54.9 Å². The maximum absolute atomic E-state index is 12.4. The number of benzene rings is 1. The number of amides is 1. The van der Waals surface area contributed by atoms with Crippen molar-refractivity contribution in [1.82, 2.24) is 20.3 Å². The monoisotopic (exact) mass is 349 g/mol. The molecule has 7 heteroatoms. The third-order valence-electron chi connectivity index (χ3n) is 3.62. The van der Waals surface area contributed by atoms with Gasteiger partial charge in [0.15, 0.2) is 0 Å². The summed E-state index contributed by atoms with van der Waals surface area (Å²) in [5.74, 6) is 0.726. The molecule has 0 unspecified atom stereocenters. The molecule has 3 aromatic rings. The number of carbonyl (C=O) groups excluding carboxylic acids is 1. The van der Waals surface area contributed by atoms with Gasteiger partial charge in [-0.15, -0.1) is 0 Å². The van der Waals surface area contributed by atoms with Gasteiger partial charge in [-0.05, 0) is 36.8 Å². The highest BCUT2D eigenvalue weighted by Crippen LogP contribution is 2.25. The standard InChI is InChI=1S/C19H19N5O2/c1-13-10-16(18(25)21-12-14-6-5-9-20-11-14)24-19(22-13)23-15-7-3-4-8-17(15)26-2/h3-11H,12H2,1-2H3,(H,21,25)(H,22,23,24). The van der Waals surface area contributed by atoms with Crippen molar-refractivity contribution in [3.63, 3.8) is 0 Å². The second-order valence-corrected chi connectivity index (χ2v) is 5.59. The van der Waals surface area contributed by atoms with Crippen LogP contribution in [0.3, 0.4) is 0 Å². The van der Waals surface area contributed by atoms with Gasteiger partial charge >= 0.3 is 0 Å². The number of aromatic nitrogens is 3. The Morgan fingerprint density at radius 1 is 1.15 bits per heavy atom. The minimum absolute atomic E-state index is 0.276. The largest absolute Gasteiger partial charge is 0.495 e. The SMILES string of the molecule is COc1ccccc1Nc1nc(C)cc(C(=O)NCc2cccnc2)n1. The lowest BCUT2D eigenvalue weighted by Gasteiger charge is -2.11. The number of hydrogen-bond donors (Lipinski definition) is 2. The molecule has 1 aromatic carbocycles. The van der Waals surface area contributed by atoms with E-state index in [0.717, 1.165) is 11.3 Å². The summed E-state index contributed by atoms with van der Waals surface area (Å²) >= 11 is 0. The van der Waals surface area contributed by atoms with Crippen LogP contribution >= 0.6 is 0 Å². The van der Waals surface area contributed by atoms with E-state index in [1.807, 2.05) is 43.3 Å². The Hall–Kier alpha value is -3.48. The van der Waals surface area contributed by atoms with Gasteiger partial charge < -0.3 is 15.4 Å². The van der Waals surface area contributed by atoms with E-state index in [-0.39, 0.29) is 5.91 Å². The number of rotatable bonds is 6. The topological polar surface area (TPSA) is 89.0 Å². The van der Waals surface area contributed by atoms with E-state index in [9.17, 15) is 4.79 Å². The number of nitrogens with one attached hydrogen (secondary N) is 2. The van der Waals surface area contributed by atoms with Crippen LogP contribution in [0.5, 0.6) is 5.75 Å². The lowest BCUT2D eigenvalue weighted by molar-refractivity contribution is 0.0945. The first-order valence-electron chi connectivity index (χ1n) is 8.08. The van der Waals surface area contributed by atoms with Gasteiger partial charge in [-0.25, -0.2) is 9.97 Å². The molecule has 0 fully saturated rings. The first-order valence-corrected chi connectivity index (χ1v) is 8.08. The van der Waals surface area contributed by atoms with Crippen molar-refractivity contribution in [1.29, 1.82) is 0 Å². The number of anilines is 2. The lowest BCUT2D eigenvalue weighted by atomic mass is 10.2. The van der Waals surface area contributed by atoms with E-state index < -0.39 is 0 Å². The molecule has 2 N–H and O–H groups in total. The van der Waals surface area contributed by atoms with Crippen molar-refractivity contribution >= 4 is 17.5 Å². The van der Waals surface area contributed by atoms with Crippen molar-refractivity contribution in [3.05, 3.63) is 71.8 Å². The fourth-order valence-electron chi connectivity index (χ4n) is 2.38. The zero-order valence-electron chi connectivity index (χ0n) is 14.6. The third-order valence-corrected chi connectivity index (χ3v) is 3.62. The molecule has 132 valence electrons. The summed E-state index contributed by atoms with van der Waals surface area (Å²) < 4.78 is 5.31. The molecule has 0 saturated heterocycles. The predicted octanol–water partition coefficient (Wildman–Crippen LogP) is 2.86. The van der Waals surface area contributed by atoms with Crippen LogP contribution in [-0.4, -0.2) is 28.0 Å². The average Bonchev–Trinajstić information content (AvgIpc) is 2.67. The van der Waals surface area contributed by atoms with Gasteiger partial charge in [0.05, 0.1) is 12.8 Å². The molecule has 0 spiro atoms. The van der Waals surface area contributed by atoms with Crippen LogP contribution in [0.2, 0.25) is 0 Å². The van der Waals surface area contributed by atoms with E-state index in [0.29, 0.717) is 29.6 Å². The molecule has 0 radical (unpaired) electrons. The summed E-state index contributed by atoms with van der Waals surface area (Å²) in [6.07, 6.45) is 3.40. The van der Waals surface area contributed by atoms with Gasteiger partial charge in [-0.2, -0.15) is 0 Å². The molecule has 3 rings (SSSR count). The van der Waals surface area contributed by atoms with Crippen LogP contribution in [0, 0.1) is 6.92 Å². The quantitative estimate of drug-likeness (QED) is 0.711. The Morgan fingerprint density at radius 3 is 2.77 bits per heavy atom. The van der Waals surface area contributed by atoms with E-state index in [4.69, 9.17) is 4.74 Å². The Bertz CT molecular complexity index is 899. The Labute approximate surface area is 151 Å². The zero-order valence-corrected chi connectivity index (χ0v) is 14.6. The molecule has 0 aliphatic heterocycles. The maximum atomic E-state index is 12.4. The molecule has 0 bridgehead atoms. The molecule has 0 saturated carbocycles. The molecular formula is C19H19N5O2. The number of methoxy groups -OCH3 is 1. The first-order chi connectivity index (χ1) is 12.7. The molecule has 0 atom stereocenters. The van der Waals surface area contributed by atoms with Gasteiger partial charge in [-0.3, -0.25) is 9.78 Å². The summed E-state index contributed by atoms with van der Waals surface area (Å²) in [5, 5.41) is 5.93. The van der Waals surface area contributed by atoms with Crippen LogP contribution in [0.4, 0.5) is 11.6 Å². The number of para-hydroxylation sites is 2. The Morgan fingerprint density at radius 2 is 2.00 bits per heavy atom. The van der Waals surface area contributed by atoms with E-state index >= 15 is 0 Å². The highest BCUT2D eigenvalue weighted by atomic mass is 16.5. The molecular weight excluding hydrogens is 330 g/mol. The summed E-state index contributed by atoms with van der Waals surface area (Å²) in [5.41, 5.74) is 2.61. The lowest BCUT2D eigenvalue weighted by Crippen LogP contribution is -2.24. The molecule has 2 aromatic heterocycles. The predicted molar refractivity (Wildman–Crippen MR) is 98.5 cm³/mol. The van der Waals surface area contributed by atoms with Gasteiger partial charge in [-0.1, -0.05) is 18.2 Å². The van der Waals surface area contributed by atoms with Gasteiger partial charge in [0, 0.05) is 24.6 Å². The normalized spacial score (nSPS) is 10.2. The molecule has 0 aliphatic rings. The summed E-state index contributed by atoms with van der Waals surface area (Å²) in [4.78, 5) is 25.1. The third kappa shape index (κ3) is 4.32. The molecule has 0 aliphatic carbocycles. The number of nitrogens with zero attached hydrogens (tertiary/aromatic N) is 3. The maximum Gasteiger partial charge on any atom is 0.270 e. The Kier molecular flexibility index (Phi) is 5.38. The number of hydrogen-bond acceptors (Lipinski definition) is 6. The van der Waals surface area contributed by atoms with Gasteiger partial charge in [0.25, 0.3) is 5.91 Å². The summed E-state index contributed by atoms with van der Waals surface area (Å²) in [7, 11) is 1.59. The van der Waals surface area contributed by atoms with E-state index in [1.54, 1.807) is 25.6 Å². The number of aryl methyl sites for hydroxylation is 1. The molecule has 2 heterocycles. The summed E-state index contributed by atoms with van der Waals surface area (Å²) in [6, 6.07) is 12.8. The van der Waals surface area contributed by atoms with Crippen molar-refractivity contribution in [2.75, 3.05) is 12.4 Å². The second-order valence-electron chi connectivity index (χ2n) is 5.59. The van der Waals surface area contributed by atoms with Crippen LogP contribution in [0.1, 0.15) is 21.7 Å². The average molecular weight is 349 g/mol. The second kappa shape index (κ2) is 8.06. The van der Waals surface area contributed by atoms with Crippen molar-refractivity contribution in [2.45, 2.75) is 13.5 Å². The fraction of sp³-hybridized carbons (Fsp3) is 0.158. The van der Waals surface area contributed by atoms with Crippen LogP contribution in [-0.2, 0) is 6.54 Å². The van der Waals surface area contributed by atoms with Crippen molar-refractivity contribution in [3.8, 4) is 5.75 Å². The van der Waals surface area contributed by atoms with E-state index in [2.05, 4.69) is 25.6 Å². The number of ether oxygens (including phenoxy) is 1. The number of carbonyl (C=O) groups is 1. The zero-order chi connectivity index (χ0) is 18.4. The molecule has 26 heavy (non-hydrogen) atoms. The highest BCUT2D eigenvalue weighted by Gasteiger charge is 2.12. The van der Waals surface area contributed by atoms with E-state index in [1.165, 1.54) is 0 Å². The van der Waals surface area contributed by atoms with Crippen molar-refractivity contribution in [2.24, 2.45) is 0 Å². The summed E-state index contributed by atoms with van der Waals surface area (Å²) in [6.45, 7) is 2.19. The number of pyridine rings is 1. The van der Waals surface area contributed by atoms with Crippen LogP contribution < -0.4 is 15.4 Å². The first kappa shape index (κ1) is 17.3. The fourth-order valence-corrected chi connectivity index (χ4v) is 2.38. The molecule has 7 nitrogen and oxygen atoms in total. The van der Waals surface area contributed by atoms with Crippen LogP contribution in [0.25, 0.3) is 0 Å². The van der Waals surface area contributed by atoms with Gasteiger partial charge in [0.1, 0.15) is 11.4 Å². The van der Waals surface area contributed by atoms with Crippen molar-refractivity contribution < 1.29 is 9.53 Å².